The van der Waals surface area contributed by atoms with Gasteiger partial charge in [-0.15, -0.1) is 0 Å². The van der Waals surface area contributed by atoms with Crippen LogP contribution in [0.15, 0.2) is 18.2 Å². The molecule has 19 heavy (non-hydrogen) atoms. The third-order valence-electron chi connectivity index (χ3n) is 2.39. The van der Waals surface area contributed by atoms with Crippen LogP contribution in [0.5, 0.6) is 0 Å². The zero-order valence-corrected chi connectivity index (χ0v) is 10.7. The van der Waals surface area contributed by atoms with Crippen molar-refractivity contribution in [3.05, 3.63) is 35.1 Å². The van der Waals surface area contributed by atoms with Gasteiger partial charge in [-0.2, -0.15) is 13.2 Å². The van der Waals surface area contributed by atoms with Crippen LogP contribution in [0.1, 0.15) is 23.7 Å². The summed E-state index contributed by atoms with van der Waals surface area (Å²) in [6, 6.07) is 1.67. The van der Waals surface area contributed by atoms with Crippen molar-refractivity contribution in [2.45, 2.75) is 18.7 Å². The molecule has 1 unspecified atom stereocenters. The van der Waals surface area contributed by atoms with Crippen LogP contribution in [0.2, 0.25) is 0 Å². The fourth-order valence-corrected chi connectivity index (χ4v) is 2.11. The summed E-state index contributed by atoms with van der Waals surface area (Å²) in [5.41, 5.74) is -1.52. The van der Waals surface area contributed by atoms with Crippen molar-refractivity contribution in [2.24, 2.45) is 0 Å². The smallest absolute Gasteiger partial charge is 0.388 e. The molecule has 0 fully saturated rings. The van der Waals surface area contributed by atoms with Crippen molar-refractivity contribution in [1.29, 1.82) is 0 Å². The molecule has 0 aliphatic carbocycles. The second-order valence-electron chi connectivity index (χ2n) is 4.21. The Balaban J connectivity index is 2.98. The molecular formula is C11H12F4O3S. The number of aliphatic hydroxyl groups is 1. The van der Waals surface area contributed by atoms with Crippen LogP contribution in [0.25, 0.3) is 0 Å². The van der Waals surface area contributed by atoms with Gasteiger partial charge in [-0.1, -0.05) is 0 Å². The Morgan fingerprint density at radius 1 is 1.26 bits per heavy atom. The Hall–Kier alpha value is -1.15. The van der Waals surface area contributed by atoms with Gasteiger partial charge in [0.1, 0.15) is 15.7 Å². The van der Waals surface area contributed by atoms with Crippen molar-refractivity contribution < 1.29 is 31.1 Å². The summed E-state index contributed by atoms with van der Waals surface area (Å²) in [5.74, 6) is -1.53. The van der Waals surface area contributed by atoms with E-state index >= 15 is 0 Å². The molecular weight excluding hydrogens is 288 g/mol. The van der Waals surface area contributed by atoms with Crippen LogP contribution in [-0.2, 0) is 16.0 Å². The molecule has 1 rings (SSSR count). The fourth-order valence-electron chi connectivity index (χ4n) is 1.46. The molecule has 1 aromatic rings. The number of sulfone groups is 1. The minimum absolute atomic E-state index is 0.292. The zero-order chi connectivity index (χ0) is 14.8. The first kappa shape index (κ1) is 15.9. The first-order chi connectivity index (χ1) is 8.49. The molecule has 0 bridgehead atoms. The molecule has 1 aromatic carbocycles. The average molecular weight is 300 g/mol. The third kappa shape index (κ3) is 5.15. The molecule has 3 nitrogen and oxygen atoms in total. The number of hydrogen-bond donors (Lipinski definition) is 1. The largest absolute Gasteiger partial charge is 0.416 e. The van der Waals surface area contributed by atoms with Crippen LogP contribution in [-0.4, -0.2) is 25.5 Å². The molecule has 1 N–H and O–H groups in total. The van der Waals surface area contributed by atoms with Gasteiger partial charge in [-0.25, -0.2) is 12.8 Å². The number of hydrogen-bond acceptors (Lipinski definition) is 3. The zero-order valence-electron chi connectivity index (χ0n) is 9.91. The minimum atomic E-state index is -4.73. The quantitative estimate of drug-likeness (QED) is 0.868. The molecule has 0 radical (unpaired) electrons. The van der Waals surface area contributed by atoms with Gasteiger partial charge in [0, 0.05) is 6.26 Å². The molecule has 0 heterocycles. The van der Waals surface area contributed by atoms with Crippen LogP contribution in [0.4, 0.5) is 17.6 Å². The van der Waals surface area contributed by atoms with E-state index in [4.69, 9.17) is 0 Å². The Kier molecular flexibility index (Phi) is 4.57. The molecule has 0 aliphatic heterocycles. The van der Waals surface area contributed by atoms with Gasteiger partial charge in [0.2, 0.25) is 0 Å². The highest BCUT2D eigenvalue weighted by Crippen LogP contribution is 2.32. The van der Waals surface area contributed by atoms with E-state index in [2.05, 4.69) is 0 Å². The molecule has 1 atom stereocenters. The van der Waals surface area contributed by atoms with Gasteiger partial charge in [0.25, 0.3) is 0 Å². The molecule has 0 spiro atoms. The fraction of sp³-hybridized carbons (Fsp3) is 0.455. The van der Waals surface area contributed by atoms with E-state index in [9.17, 15) is 31.1 Å². The maximum absolute atomic E-state index is 13.1. The highest BCUT2D eigenvalue weighted by molar-refractivity contribution is 7.90. The normalized spacial score (nSPS) is 14.4. The highest BCUT2D eigenvalue weighted by Gasteiger charge is 2.32. The lowest BCUT2D eigenvalue weighted by Gasteiger charge is -2.13. The summed E-state index contributed by atoms with van der Waals surface area (Å²) in [4.78, 5) is 0. The molecule has 0 amide bonds. The van der Waals surface area contributed by atoms with E-state index < -0.39 is 39.3 Å². The summed E-state index contributed by atoms with van der Waals surface area (Å²) in [5, 5.41) is 9.60. The lowest BCUT2D eigenvalue weighted by atomic mass is 10.0. The van der Waals surface area contributed by atoms with Gasteiger partial charge in [0.15, 0.2) is 0 Å². The Morgan fingerprint density at radius 2 is 1.84 bits per heavy atom. The lowest BCUT2D eigenvalue weighted by molar-refractivity contribution is -0.137. The lowest BCUT2D eigenvalue weighted by Crippen LogP contribution is -2.11. The van der Waals surface area contributed by atoms with Crippen LogP contribution < -0.4 is 0 Å². The third-order valence-corrected chi connectivity index (χ3v) is 3.37. The van der Waals surface area contributed by atoms with E-state index in [1.165, 1.54) is 0 Å². The molecule has 0 saturated carbocycles. The van der Waals surface area contributed by atoms with Gasteiger partial charge in [0.05, 0.1) is 17.4 Å². The van der Waals surface area contributed by atoms with Gasteiger partial charge in [-0.3, -0.25) is 0 Å². The maximum atomic E-state index is 13.1. The summed E-state index contributed by atoms with van der Waals surface area (Å²) < 4.78 is 72.2. The van der Waals surface area contributed by atoms with Gasteiger partial charge >= 0.3 is 6.18 Å². The maximum Gasteiger partial charge on any atom is 0.416 e. The Morgan fingerprint density at radius 3 is 2.32 bits per heavy atom. The van der Waals surface area contributed by atoms with E-state index in [1.54, 1.807) is 0 Å². The molecule has 108 valence electrons. The van der Waals surface area contributed by atoms with E-state index in [0.29, 0.717) is 12.1 Å². The van der Waals surface area contributed by atoms with Crippen LogP contribution in [0.3, 0.4) is 0 Å². The van der Waals surface area contributed by atoms with Crippen molar-refractivity contribution in [3.8, 4) is 0 Å². The number of benzene rings is 1. The van der Waals surface area contributed by atoms with E-state index in [-0.39, 0.29) is 12.0 Å². The number of alkyl halides is 3. The second-order valence-corrected chi connectivity index (χ2v) is 6.47. The Labute approximate surface area is 107 Å². The SMILES string of the molecule is CS(=O)(=O)CCC(O)c1cc(F)cc(C(F)(F)F)c1. The van der Waals surface area contributed by atoms with E-state index in [0.717, 1.165) is 12.3 Å². The summed E-state index contributed by atoms with van der Waals surface area (Å²) >= 11 is 0. The van der Waals surface area contributed by atoms with Crippen molar-refractivity contribution in [1.82, 2.24) is 0 Å². The summed E-state index contributed by atoms with van der Waals surface area (Å²) in [6.45, 7) is 0. The summed E-state index contributed by atoms with van der Waals surface area (Å²) in [6.07, 6.45) is -5.55. The van der Waals surface area contributed by atoms with Crippen LogP contribution >= 0.6 is 0 Å². The highest BCUT2D eigenvalue weighted by atomic mass is 32.2. The Bertz CT molecular complexity index is 552. The minimum Gasteiger partial charge on any atom is -0.388 e. The van der Waals surface area contributed by atoms with Crippen LogP contribution in [0, 0.1) is 5.82 Å². The predicted octanol–water partition coefficient (Wildman–Crippen LogP) is 2.31. The molecule has 0 aliphatic rings. The van der Waals surface area contributed by atoms with Gasteiger partial charge < -0.3 is 5.11 Å². The first-order valence-corrected chi connectivity index (χ1v) is 7.28. The molecule has 0 aromatic heterocycles. The first-order valence-electron chi connectivity index (χ1n) is 5.22. The second kappa shape index (κ2) is 5.46. The number of rotatable bonds is 4. The number of halogens is 4. The van der Waals surface area contributed by atoms with Crippen molar-refractivity contribution in [3.63, 3.8) is 0 Å². The van der Waals surface area contributed by atoms with Crippen molar-refractivity contribution in [2.75, 3.05) is 12.0 Å². The van der Waals surface area contributed by atoms with Crippen molar-refractivity contribution >= 4 is 9.84 Å². The molecule has 8 heteroatoms. The average Bonchev–Trinajstić information content (AvgIpc) is 2.22. The standard InChI is InChI=1S/C11H12F4O3S/c1-19(17,18)3-2-10(16)7-4-8(11(13,14)15)6-9(12)5-7/h4-6,10,16H,2-3H2,1H3. The van der Waals surface area contributed by atoms with Gasteiger partial charge in [-0.05, 0) is 30.2 Å². The monoisotopic (exact) mass is 300 g/mol. The number of aliphatic hydroxyl groups excluding tert-OH is 1. The topological polar surface area (TPSA) is 54.4 Å². The molecule has 0 saturated heterocycles. The van der Waals surface area contributed by atoms with E-state index in [1.807, 2.05) is 0 Å². The predicted molar refractivity (Wildman–Crippen MR) is 60.7 cm³/mol. The summed E-state index contributed by atoms with van der Waals surface area (Å²) in [7, 11) is -3.35.